The van der Waals surface area contributed by atoms with Gasteiger partial charge in [-0.25, -0.2) is 0 Å². The summed E-state index contributed by atoms with van der Waals surface area (Å²) in [6.07, 6.45) is -4.44. The molecule has 4 nitrogen and oxygen atoms in total. The standard InChI is InChI=1S/C18H16ClF3N2O2/c1-12(25)24(16-7-5-14(6-8-16)18(20,21)22)10-9-23-17(26)13-3-2-4-15(19)11-13/h2-8,11H,9-10H2,1H3,(H,23,26). The summed E-state index contributed by atoms with van der Waals surface area (Å²) in [4.78, 5) is 25.1. The molecular weight excluding hydrogens is 369 g/mol. The zero-order valence-corrected chi connectivity index (χ0v) is 14.6. The zero-order chi connectivity index (χ0) is 19.3. The second kappa shape index (κ2) is 8.23. The molecule has 26 heavy (non-hydrogen) atoms. The molecule has 8 heteroatoms. The van der Waals surface area contributed by atoms with Gasteiger partial charge >= 0.3 is 6.18 Å². The number of hydrogen-bond acceptors (Lipinski definition) is 2. The molecule has 0 saturated carbocycles. The van der Waals surface area contributed by atoms with Crippen LogP contribution in [-0.4, -0.2) is 24.9 Å². The lowest BCUT2D eigenvalue weighted by molar-refractivity contribution is -0.137. The number of halogens is 4. The number of carbonyl (C=O) groups is 2. The van der Waals surface area contributed by atoms with Gasteiger partial charge in [0.15, 0.2) is 0 Å². The average molecular weight is 385 g/mol. The summed E-state index contributed by atoms with van der Waals surface area (Å²) in [5, 5.41) is 3.07. The van der Waals surface area contributed by atoms with Crippen LogP contribution in [0, 0.1) is 0 Å². The van der Waals surface area contributed by atoms with Crippen LogP contribution >= 0.6 is 11.6 Å². The van der Waals surface area contributed by atoms with Crippen LogP contribution in [0.3, 0.4) is 0 Å². The van der Waals surface area contributed by atoms with Gasteiger partial charge in [-0.1, -0.05) is 17.7 Å². The predicted molar refractivity (Wildman–Crippen MR) is 93.3 cm³/mol. The fourth-order valence-electron chi connectivity index (χ4n) is 2.31. The van der Waals surface area contributed by atoms with Crippen LogP contribution in [0.25, 0.3) is 0 Å². The Morgan fingerprint density at radius 1 is 1.12 bits per heavy atom. The van der Waals surface area contributed by atoms with Crippen molar-refractivity contribution in [2.45, 2.75) is 13.1 Å². The maximum absolute atomic E-state index is 12.6. The number of benzene rings is 2. The number of rotatable bonds is 5. The molecule has 0 spiro atoms. The van der Waals surface area contributed by atoms with E-state index in [0.29, 0.717) is 16.3 Å². The zero-order valence-electron chi connectivity index (χ0n) is 13.8. The Kier molecular flexibility index (Phi) is 6.26. The van der Waals surface area contributed by atoms with Crippen molar-refractivity contribution in [1.82, 2.24) is 5.32 Å². The lowest BCUT2D eigenvalue weighted by Gasteiger charge is -2.22. The van der Waals surface area contributed by atoms with Gasteiger partial charge in [-0.15, -0.1) is 0 Å². The van der Waals surface area contributed by atoms with Crippen molar-refractivity contribution in [3.05, 3.63) is 64.7 Å². The highest BCUT2D eigenvalue weighted by Crippen LogP contribution is 2.30. The number of nitrogens with zero attached hydrogens (tertiary/aromatic N) is 1. The highest BCUT2D eigenvalue weighted by molar-refractivity contribution is 6.30. The quantitative estimate of drug-likeness (QED) is 0.842. The van der Waals surface area contributed by atoms with Crippen LogP contribution in [0.5, 0.6) is 0 Å². The summed E-state index contributed by atoms with van der Waals surface area (Å²) in [5.74, 6) is -0.704. The molecular formula is C18H16ClF3N2O2. The first kappa shape index (κ1) is 19.8. The van der Waals surface area contributed by atoms with E-state index in [1.54, 1.807) is 18.2 Å². The van der Waals surface area contributed by atoms with Crippen LogP contribution in [0.4, 0.5) is 18.9 Å². The molecule has 2 aromatic rings. The Balaban J connectivity index is 2.00. The highest BCUT2D eigenvalue weighted by atomic mass is 35.5. The van der Waals surface area contributed by atoms with Gasteiger partial charge in [0.25, 0.3) is 5.91 Å². The Morgan fingerprint density at radius 3 is 2.31 bits per heavy atom. The molecule has 2 aromatic carbocycles. The SMILES string of the molecule is CC(=O)N(CCNC(=O)c1cccc(Cl)c1)c1ccc(C(F)(F)F)cc1. The molecule has 2 amide bonds. The van der Waals surface area contributed by atoms with Gasteiger partial charge in [0.05, 0.1) is 5.56 Å². The molecule has 0 heterocycles. The second-order valence-electron chi connectivity index (χ2n) is 5.48. The van der Waals surface area contributed by atoms with Gasteiger partial charge in [0.1, 0.15) is 0 Å². The van der Waals surface area contributed by atoms with Gasteiger partial charge in [-0.2, -0.15) is 13.2 Å². The molecule has 0 radical (unpaired) electrons. The van der Waals surface area contributed by atoms with Crippen molar-refractivity contribution in [2.24, 2.45) is 0 Å². The maximum Gasteiger partial charge on any atom is 0.416 e. The summed E-state index contributed by atoms with van der Waals surface area (Å²) in [7, 11) is 0. The number of hydrogen-bond donors (Lipinski definition) is 1. The molecule has 138 valence electrons. The monoisotopic (exact) mass is 384 g/mol. The van der Waals surface area contributed by atoms with E-state index < -0.39 is 11.7 Å². The van der Waals surface area contributed by atoms with Crippen molar-refractivity contribution >= 4 is 29.1 Å². The van der Waals surface area contributed by atoms with E-state index >= 15 is 0 Å². The molecule has 0 atom stereocenters. The highest BCUT2D eigenvalue weighted by Gasteiger charge is 2.30. The predicted octanol–water partition coefficient (Wildman–Crippen LogP) is 4.14. The van der Waals surface area contributed by atoms with E-state index in [4.69, 9.17) is 11.6 Å². The van der Waals surface area contributed by atoms with E-state index in [1.807, 2.05) is 0 Å². The van der Waals surface area contributed by atoms with Crippen LogP contribution in [0.1, 0.15) is 22.8 Å². The van der Waals surface area contributed by atoms with E-state index in [-0.39, 0.29) is 24.9 Å². The molecule has 0 bridgehead atoms. The topological polar surface area (TPSA) is 49.4 Å². The molecule has 0 fully saturated rings. The van der Waals surface area contributed by atoms with Crippen molar-refractivity contribution in [3.63, 3.8) is 0 Å². The number of amides is 2. The third-order valence-corrected chi connectivity index (χ3v) is 3.83. The molecule has 1 N–H and O–H groups in total. The van der Waals surface area contributed by atoms with Gasteiger partial charge < -0.3 is 10.2 Å². The number of anilines is 1. The first-order chi connectivity index (χ1) is 12.2. The van der Waals surface area contributed by atoms with Crippen LogP contribution in [-0.2, 0) is 11.0 Å². The normalized spacial score (nSPS) is 11.1. The van der Waals surface area contributed by atoms with Gasteiger partial charge in [0, 0.05) is 36.3 Å². The molecule has 0 unspecified atom stereocenters. The lowest BCUT2D eigenvalue weighted by Crippen LogP contribution is -2.37. The maximum atomic E-state index is 12.6. The molecule has 2 rings (SSSR count). The fraction of sp³-hybridized carbons (Fsp3) is 0.222. The number of carbonyl (C=O) groups excluding carboxylic acids is 2. The average Bonchev–Trinajstić information content (AvgIpc) is 2.57. The summed E-state index contributed by atoms with van der Waals surface area (Å²) in [6.45, 7) is 1.55. The Bertz CT molecular complexity index is 792. The van der Waals surface area contributed by atoms with Crippen molar-refractivity contribution in [3.8, 4) is 0 Å². The minimum atomic E-state index is -4.44. The first-order valence-corrected chi connectivity index (χ1v) is 8.05. The molecule has 0 aliphatic carbocycles. The molecule has 0 aliphatic rings. The largest absolute Gasteiger partial charge is 0.416 e. The third-order valence-electron chi connectivity index (χ3n) is 3.59. The van der Waals surface area contributed by atoms with Crippen molar-refractivity contribution < 1.29 is 22.8 Å². The Hall–Kier alpha value is -2.54. The third kappa shape index (κ3) is 5.23. The van der Waals surface area contributed by atoms with Gasteiger partial charge in [-0.3, -0.25) is 9.59 Å². The van der Waals surface area contributed by atoms with Gasteiger partial charge in [0.2, 0.25) is 5.91 Å². The molecule has 0 saturated heterocycles. The molecule has 0 aromatic heterocycles. The minimum Gasteiger partial charge on any atom is -0.350 e. The second-order valence-corrected chi connectivity index (χ2v) is 5.92. The van der Waals surface area contributed by atoms with E-state index in [0.717, 1.165) is 12.1 Å². The van der Waals surface area contributed by atoms with Crippen LogP contribution < -0.4 is 10.2 Å². The van der Waals surface area contributed by atoms with Crippen LogP contribution in [0.2, 0.25) is 5.02 Å². The first-order valence-electron chi connectivity index (χ1n) is 7.67. The summed E-state index contributed by atoms with van der Waals surface area (Å²) in [5.41, 5.74) is -0.0945. The van der Waals surface area contributed by atoms with E-state index in [2.05, 4.69) is 5.32 Å². The smallest absolute Gasteiger partial charge is 0.350 e. The van der Waals surface area contributed by atoms with Gasteiger partial charge in [-0.05, 0) is 42.5 Å². The van der Waals surface area contributed by atoms with E-state index in [9.17, 15) is 22.8 Å². The summed E-state index contributed by atoms with van der Waals surface area (Å²) < 4.78 is 37.9. The van der Waals surface area contributed by atoms with Crippen molar-refractivity contribution in [1.29, 1.82) is 0 Å². The number of nitrogens with one attached hydrogen (secondary N) is 1. The minimum absolute atomic E-state index is 0.118. The molecule has 0 aliphatic heterocycles. The Labute approximate surface area is 153 Å². The van der Waals surface area contributed by atoms with Crippen LogP contribution in [0.15, 0.2) is 48.5 Å². The van der Waals surface area contributed by atoms with E-state index in [1.165, 1.54) is 30.0 Å². The Morgan fingerprint density at radius 2 is 1.77 bits per heavy atom. The summed E-state index contributed by atoms with van der Waals surface area (Å²) in [6, 6.07) is 10.7. The fourth-order valence-corrected chi connectivity index (χ4v) is 2.50. The number of alkyl halides is 3. The summed E-state index contributed by atoms with van der Waals surface area (Å²) >= 11 is 5.83. The van der Waals surface area contributed by atoms with Crippen molar-refractivity contribution in [2.75, 3.05) is 18.0 Å². The lowest BCUT2D eigenvalue weighted by atomic mass is 10.2.